The minimum atomic E-state index is -0.338. The molecule has 35 heavy (non-hydrogen) atoms. The predicted molar refractivity (Wildman–Crippen MR) is 128 cm³/mol. The van der Waals surface area contributed by atoms with E-state index < -0.39 is 0 Å². The number of carbonyl (C=O) groups is 1. The van der Waals surface area contributed by atoms with Crippen LogP contribution < -0.4 is 10.1 Å². The third-order valence-corrected chi connectivity index (χ3v) is 5.52. The van der Waals surface area contributed by atoms with E-state index in [1.165, 1.54) is 23.1 Å². The highest BCUT2D eigenvalue weighted by Gasteiger charge is 2.17. The van der Waals surface area contributed by atoms with Crippen molar-refractivity contribution in [3.8, 4) is 16.9 Å². The van der Waals surface area contributed by atoms with E-state index >= 15 is 0 Å². The Bertz CT molecular complexity index is 1510. The van der Waals surface area contributed by atoms with Crippen LogP contribution in [-0.2, 0) is 17.9 Å². The van der Waals surface area contributed by atoms with E-state index in [9.17, 15) is 9.18 Å². The maximum Gasteiger partial charge on any atom is 0.248 e. The van der Waals surface area contributed by atoms with Gasteiger partial charge < -0.3 is 4.74 Å². The number of aromatic nitrogens is 6. The maximum atomic E-state index is 13.4. The van der Waals surface area contributed by atoms with Crippen molar-refractivity contribution in [3.63, 3.8) is 0 Å². The molecule has 1 N–H and O–H groups in total. The molecule has 0 aliphatic heterocycles. The summed E-state index contributed by atoms with van der Waals surface area (Å²) < 4.78 is 21.7. The van der Waals surface area contributed by atoms with Crippen molar-refractivity contribution < 1.29 is 13.9 Å². The summed E-state index contributed by atoms with van der Waals surface area (Å²) in [5.74, 6) is 0.276. The van der Waals surface area contributed by atoms with Gasteiger partial charge in [0.15, 0.2) is 5.65 Å². The van der Waals surface area contributed by atoms with Crippen molar-refractivity contribution in [1.29, 1.82) is 0 Å². The number of nitrogens with one attached hydrogen (secondary N) is 1. The number of hydrogen-bond donors (Lipinski definition) is 1. The summed E-state index contributed by atoms with van der Waals surface area (Å²) in [6.45, 7) is 2.17. The maximum absolute atomic E-state index is 13.4. The number of amides is 1. The Kier molecular flexibility index (Phi) is 5.92. The number of ether oxygens (including phenoxy) is 1. The van der Waals surface area contributed by atoms with E-state index in [-0.39, 0.29) is 24.2 Å². The Morgan fingerprint density at radius 2 is 1.91 bits per heavy atom. The van der Waals surface area contributed by atoms with Gasteiger partial charge in [-0.05, 0) is 53.9 Å². The molecule has 0 aliphatic rings. The Morgan fingerprint density at radius 3 is 2.69 bits per heavy atom. The van der Waals surface area contributed by atoms with Crippen LogP contribution in [0.3, 0.4) is 0 Å². The fourth-order valence-corrected chi connectivity index (χ4v) is 3.95. The number of methoxy groups -OCH3 is 1. The highest BCUT2D eigenvalue weighted by molar-refractivity contribution is 5.96. The van der Waals surface area contributed by atoms with Gasteiger partial charge in [0.05, 0.1) is 19.3 Å². The zero-order valence-electron chi connectivity index (χ0n) is 19.1. The fraction of sp³-hybridized carbons (Fsp3) is 0.160. The van der Waals surface area contributed by atoms with E-state index in [1.807, 2.05) is 37.3 Å². The number of rotatable bonds is 7. The van der Waals surface area contributed by atoms with Gasteiger partial charge in [0, 0.05) is 11.6 Å². The van der Waals surface area contributed by atoms with Crippen molar-refractivity contribution in [2.24, 2.45) is 0 Å². The zero-order chi connectivity index (χ0) is 24.4. The normalized spacial score (nSPS) is 11.1. The van der Waals surface area contributed by atoms with E-state index in [2.05, 4.69) is 25.5 Å². The van der Waals surface area contributed by atoms with Gasteiger partial charge in [-0.25, -0.2) is 23.7 Å². The van der Waals surface area contributed by atoms with Crippen molar-refractivity contribution >= 4 is 22.9 Å². The average Bonchev–Trinajstić information content (AvgIpc) is 3.42. The van der Waals surface area contributed by atoms with Crippen LogP contribution in [0.4, 0.5) is 10.3 Å². The van der Waals surface area contributed by atoms with E-state index in [0.717, 1.165) is 33.5 Å². The molecule has 0 saturated carbocycles. The van der Waals surface area contributed by atoms with Crippen LogP contribution in [0.15, 0.2) is 67.1 Å². The molecule has 0 saturated heterocycles. The summed E-state index contributed by atoms with van der Waals surface area (Å²) in [7, 11) is 1.63. The van der Waals surface area contributed by atoms with Gasteiger partial charge in [-0.15, -0.1) is 5.10 Å². The zero-order valence-corrected chi connectivity index (χ0v) is 19.1. The summed E-state index contributed by atoms with van der Waals surface area (Å²) in [6.07, 6.45) is 3.18. The van der Waals surface area contributed by atoms with Crippen LogP contribution in [0.25, 0.3) is 22.2 Å². The molecular formula is C25H22FN7O2. The number of benzene rings is 2. The Morgan fingerprint density at radius 1 is 1.09 bits per heavy atom. The van der Waals surface area contributed by atoms with Crippen LogP contribution in [0.2, 0.25) is 0 Å². The van der Waals surface area contributed by atoms with Crippen LogP contribution in [0.1, 0.15) is 11.3 Å². The van der Waals surface area contributed by atoms with Gasteiger partial charge in [0.2, 0.25) is 11.9 Å². The minimum Gasteiger partial charge on any atom is -0.497 e. The highest BCUT2D eigenvalue weighted by Crippen LogP contribution is 2.30. The SMILES string of the molecule is COc1ccc(-c2ccnc3c2c(C)nn3CC(=O)Nc2ncn(Cc3cccc(F)c3)n2)cc1. The number of hydrogen-bond acceptors (Lipinski definition) is 6. The van der Waals surface area contributed by atoms with Crippen LogP contribution in [0, 0.1) is 12.7 Å². The average molecular weight is 471 g/mol. The lowest BCUT2D eigenvalue weighted by molar-refractivity contribution is -0.116. The lowest BCUT2D eigenvalue weighted by Crippen LogP contribution is -2.20. The van der Waals surface area contributed by atoms with Crippen LogP contribution >= 0.6 is 0 Å². The Labute approximate surface area is 200 Å². The van der Waals surface area contributed by atoms with Gasteiger partial charge >= 0.3 is 0 Å². The van der Waals surface area contributed by atoms with Crippen molar-refractivity contribution in [2.45, 2.75) is 20.0 Å². The molecule has 2 aromatic carbocycles. The molecule has 0 aliphatic carbocycles. The molecule has 0 bridgehead atoms. The smallest absolute Gasteiger partial charge is 0.248 e. The third-order valence-electron chi connectivity index (χ3n) is 5.52. The van der Waals surface area contributed by atoms with Crippen molar-refractivity contribution in [2.75, 3.05) is 12.4 Å². The Balaban J connectivity index is 1.33. The molecule has 5 rings (SSSR count). The highest BCUT2D eigenvalue weighted by atomic mass is 19.1. The lowest BCUT2D eigenvalue weighted by Gasteiger charge is -2.06. The van der Waals surface area contributed by atoms with Gasteiger partial charge in [-0.3, -0.25) is 10.1 Å². The molecule has 0 radical (unpaired) electrons. The topological polar surface area (TPSA) is 99.8 Å². The lowest BCUT2D eigenvalue weighted by atomic mass is 10.0. The second-order valence-corrected chi connectivity index (χ2v) is 7.97. The van der Waals surface area contributed by atoms with Gasteiger partial charge in [0.25, 0.3) is 0 Å². The second kappa shape index (κ2) is 9.34. The minimum absolute atomic E-state index is 0.0537. The molecule has 9 nitrogen and oxygen atoms in total. The molecule has 1 amide bonds. The van der Waals surface area contributed by atoms with E-state index in [1.54, 1.807) is 30.1 Å². The first-order chi connectivity index (χ1) is 17.0. The monoisotopic (exact) mass is 471 g/mol. The quantitative estimate of drug-likeness (QED) is 0.387. The van der Waals surface area contributed by atoms with Gasteiger partial charge in [-0.1, -0.05) is 24.3 Å². The number of fused-ring (bicyclic) bond motifs is 1. The van der Waals surface area contributed by atoms with Gasteiger partial charge in [-0.2, -0.15) is 5.10 Å². The number of halogens is 1. The molecule has 176 valence electrons. The molecule has 0 atom stereocenters. The first kappa shape index (κ1) is 22.2. The van der Waals surface area contributed by atoms with E-state index in [4.69, 9.17) is 4.74 Å². The van der Waals surface area contributed by atoms with Crippen LogP contribution in [0.5, 0.6) is 5.75 Å². The number of anilines is 1. The van der Waals surface area contributed by atoms with Gasteiger partial charge in [0.1, 0.15) is 24.4 Å². The molecule has 0 unspecified atom stereocenters. The third kappa shape index (κ3) is 4.72. The summed E-state index contributed by atoms with van der Waals surface area (Å²) in [5.41, 5.74) is 4.09. The predicted octanol–water partition coefficient (Wildman–Crippen LogP) is 3.83. The number of pyridine rings is 1. The number of carbonyl (C=O) groups excluding carboxylic acids is 1. The number of aryl methyl sites for hydroxylation is 1. The van der Waals surface area contributed by atoms with E-state index in [0.29, 0.717) is 12.2 Å². The van der Waals surface area contributed by atoms with Crippen molar-refractivity contribution in [1.82, 2.24) is 29.5 Å². The summed E-state index contributed by atoms with van der Waals surface area (Å²) in [5, 5.41) is 12.4. The molecule has 3 heterocycles. The first-order valence-electron chi connectivity index (χ1n) is 10.9. The Hall–Kier alpha value is -4.60. The molecule has 3 aromatic heterocycles. The molecule has 10 heteroatoms. The summed E-state index contributed by atoms with van der Waals surface area (Å²) >= 11 is 0. The largest absolute Gasteiger partial charge is 0.497 e. The molecule has 5 aromatic rings. The number of nitrogens with zero attached hydrogens (tertiary/aromatic N) is 6. The summed E-state index contributed by atoms with van der Waals surface area (Å²) in [6, 6.07) is 15.9. The van der Waals surface area contributed by atoms with Crippen molar-refractivity contribution in [3.05, 3.63) is 84.2 Å². The van der Waals surface area contributed by atoms with Crippen LogP contribution in [-0.4, -0.2) is 42.5 Å². The first-order valence-corrected chi connectivity index (χ1v) is 10.9. The fourth-order valence-electron chi connectivity index (χ4n) is 3.95. The molecule has 0 spiro atoms. The summed E-state index contributed by atoms with van der Waals surface area (Å²) in [4.78, 5) is 21.3. The molecule has 0 fully saturated rings. The standard InChI is InChI=1S/C25H22FN7O2/c1-16-23-21(18-6-8-20(35-2)9-7-18)10-11-27-24(23)33(30-16)14-22(34)29-25-28-15-32(31-25)13-17-4-3-5-19(26)12-17/h3-12,15H,13-14H2,1-2H3,(H,29,31,34). The molecular weight excluding hydrogens is 449 g/mol. The second-order valence-electron chi connectivity index (χ2n) is 7.97.